The van der Waals surface area contributed by atoms with E-state index in [1.54, 1.807) is 7.11 Å². The molecule has 6 heteroatoms. The third kappa shape index (κ3) is 5.62. The van der Waals surface area contributed by atoms with E-state index in [2.05, 4.69) is 29.0 Å². The predicted molar refractivity (Wildman–Crippen MR) is 101 cm³/mol. The lowest BCUT2D eigenvalue weighted by Gasteiger charge is -2.32. The molecule has 2 heterocycles. The minimum atomic E-state index is 0. The standard InChI is InChI=1S/C16H26N4O.HI/c1-4-17-16(20-10-8-13(2)9-11-20)18-12-14-6-5-7-15(19-14)21-3;/h5-7,13H,4,8-12H2,1-3H3,(H,17,18);1H. The first-order valence-corrected chi connectivity index (χ1v) is 7.76. The topological polar surface area (TPSA) is 49.8 Å². The first-order chi connectivity index (χ1) is 10.2. The van der Waals surface area contributed by atoms with E-state index >= 15 is 0 Å². The summed E-state index contributed by atoms with van der Waals surface area (Å²) >= 11 is 0. The van der Waals surface area contributed by atoms with Gasteiger partial charge in [0.25, 0.3) is 0 Å². The predicted octanol–water partition coefficient (Wildman–Crippen LogP) is 2.91. The van der Waals surface area contributed by atoms with Gasteiger partial charge in [0.15, 0.2) is 5.96 Å². The largest absolute Gasteiger partial charge is 0.481 e. The zero-order chi connectivity index (χ0) is 15.1. The minimum absolute atomic E-state index is 0. The van der Waals surface area contributed by atoms with Gasteiger partial charge in [-0.2, -0.15) is 0 Å². The van der Waals surface area contributed by atoms with Crippen molar-refractivity contribution in [1.82, 2.24) is 15.2 Å². The number of piperidine rings is 1. The fourth-order valence-corrected chi connectivity index (χ4v) is 2.46. The van der Waals surface area contributed by atoms with Crippen molar-refractivity contribution in [2.24, 2.45) is 10.9 Å². The summed E-state index contributed by atoms with van der Waals surface area (Å²) < 4.78 is 5.15. The molecule has 0 amide bonds. The van der Waals surface area contributed by atoms with Crippen LogP contribution in [0.1, 0.15) is 32.4 Å². The summed E-state index contributed by atoms with van der Waals surface area (Å²) in [6.07, 6.45) is 2.48. The van der Waals surface area contributed by atoms with Crippen molar-refractivity contribution < 1.29 is 4.74 Å². The average Bonchev–Trinajstić information content (AvgIpc) is 2.52. The second-order valence-electron chi connectivity index (χ2n) is 5.51. The molecular formula is C16H27IN4O. The van der Waals surface area contributed by atoms with Crippen LogP contribution in [0.4, 0.5) is 0 Å². The van der Waals surface area contributed by atoms with E-state index in [4.69, 9.17) is 9.73 Å². The first-order valence-electron chi connectivity index (χ1n) is 7.76. The molecule has 1 aromatic rings. The monoisotopic (exact) mass is 418 g/mol. The molecule has 124 valence electrons. The Bertz CT molecular complexity index is 473. The van der Waals surface area contributed by atoms with Crippen LogP contribution in [-0.4, -0.2) is 42.6 Å². The van der Waals surface area contributed by atoms with Crippen LogP contribution in [0.2, 0.25) is 0 Å². The smallest absolute Gasteiger partial charge is 0.213 e. The van der Waals surface area contributed by atoms with Crippen LogP contribution in [0, 0.1) is 5.92 Å². The lowest BCUT2D eigenvalue weighted by molar-refractivity contribution is 0.273. The van der Waals surface area contributed by atoms with Gasteiger partial charge in [0.1, 0.15) is 0 Å². The Morgan fingerprint density at radius 3 is 2.77 bits per heavy atom. The van der Waals surface area contributed by atoms with Crippen LogP contribution >= 0.6 is 24.0 Å². The normalized spacial score (nSPS) is 16.1. The fraction of sp³-hybridized carbons (Fsp3) is 0.625. The number of methoxy groups -OCH3 is 1. The van der Waals surface area contributed by atoms with Crippen molar-refractivity contribution >= 4 is 29.9 Å². The number of likely N-dealkylation sites (tertiary alicyclic amines) is 1. The van der Waals surface area contributed by atoms with Crippen molar-refractivity contribution in [2.45, 2.75) is 33.2 Å². The Balaban J connectivity index is 0.00000242. The van der Waals surface area contributed by atoms with Gasteiger partial charge in [0.05, 0.1) is 19.3 Å². The molecule has 0 radical (unpaired) electrons. The van der Waals surface area contributed by atoms with Crippen molar-refractivity contribution in [3.8, 4) is 5.88 Å². The second-order valence-corrected chi connectivity index (χ2v) is 5.51. The summed E-state index contributed by atoms with van der Waals surface area (Å²) in [5, 5.41) is 3.38. The quantitative estimate of drug-likeness (QED) is 0.464. The number of hydrogen-bond donors (Lipinski definition) is 1. The highest BCUT2D eigenvalue weighted by atomic mass is 127. The lowest BCUT2D eigenvalue weighted by atomic mass is 10.00. The molecule has 1 N–H and O–H groups in total. The van der Waals surface area contributed by atoms with Crippen molar-refractivity contribution in [3.63, 3.8) is 0 Å². The highest BCUT2D eigenvalue weighted by Crippen LogP contribution is 2.16. The van der Waals surface area contributed by atoms with E-state index in [1.807, 2.05) is 18.2 Å². The Labute approximate surface area is 150 Å². The summed E-state index contributed by atoms with van der Waals surface area (Å²) in [4.78, 5) is 11.5. The SMILES string of the molecule is CCNC(=NCc1cccc(OC)n1)N1CCC(C)CC1.I. The first kappa shape index (κ1) is 19.0. The average molecular weight is 418 g/mol. The molecule has 0 unspecified atom stereocenters. The summed E-state index contributed by atoms with van der Waals surface area (Å²) in [7, 11) is 1.63. The summed E-state index contributed by atoms with van der Waals surface area (Å²) in [5.41, 5.74) is 0.926. The number of aromatic nitrogens is 1. The van der Waals surface area contributed by atoms with Crippen molar-refractivity contribution in [2.75, 3.05) is 26.7 Å². The second kappa shape index (κ2) is 9.86. The van der Waals surface area contributed by atoms with E-state index in [0.29, 0.717) is 12.4 Å². The molecule has 1 aliphatic heterocycles. The number of nitrogens with zero attached hydrogens (tertiary/aromatic N) is 3. The Kier molecular flexibility index (Phi) is 8.52. The van der Waals surface area contributed by atoms with Crippen LogP contribution < -0.4 is 10.1 Å². The number of halogens is 1. The van der Waals surface area contributed by atoms with E-state index in [1.165, 1.54) is 12.8 Å². The molecule has 22 heavy (non-hydrogen) atoms. The van der Waals surface area contributed by atoms with Crippen molar-refractivity contribution in [3.05, 3.63) is 23.9 Å². The van der Waals surface area contributed by atoms with Crippen LogP contribution in [0.15, 0.2) is 23.2 Å². The third-order valence-corrected chi connectivity index (χ3v) is 3.80. The van der Waals surface area contributed by atoms with Gasteiger partial charge in [0, 0.05) is 25.7 Å². The molecule has 1 fully saturated rings. The molecule has 2 rings (SSSR count). The molecule has 0 bridgehead atoms. The highest BCUT2D eigenvalue weighted by molar-refractivity contribution is 14.0. The number of guanidine groups is 1. The Morgan fingerprint density at radius 1 is 1.41 bits per heavy atom. The van der Waals surface area contributed by atoms with Crippen LogP contribution in [0.25, 0.3) is 0 Å². The van der Waals surface area contributed by atoms with E-state index < -0.39 is 0 Å². The fourth-order valence-electron chi connectivity index (χ4n) is 2.46. The number of nitrogens with one attached hydrogen (secondary N) is 1. The van der Waals surface area contributed by atoms with Gasteiger partial charge in [0.2, 0.25) is 5.88 Å². The van der Waals surface area contributed by atoms with E-state index in [0.717, 1.165) is 37.2 Å². The molecule has 5 nitrogen and oxygen atoms in total. The molecule has 1 aromatic heterocycles. The molecule has 1 saturated heterocycles. The summed E-state index contributed by atoms with van der Waals surface area (Å²) in [5.74, 6) is 2.46. The van der Waals surface area contributed by atoms with Crippen LogP contribution in [-0.2, 0) is 6.54 Å². The molecule has 0 atom stereocenters. The lowest BCUT2D eigenvalue weighted by Crippen LogP contribution is -2.45. The van der Waals surface area contributed by atoms with E-state index in [9.17, 15) is 0 Å². The third-order valence-electron chi connectivity index (χ3n) is 3.80. The van der Waals surface area contributed by atoms with Crippen molar-refractivity contribution in [1.29, 1.82) is 0 Å². The zero-order valence-electron chi connectivity index (χ0n) is 13.7. The summed E-state index contributed by atoms with van der Waals surface area (Å²) in [6.45, 7) is 8.05. The number of pyridine rings is 1. The molecule has 1 aliphatic rings. The number of rotatable bonds is 4. The molecule has 0 aliphatic carbocycles. The zero-order valence-corrected chi connectivity index (χ0v) is 16.0. The number of ether oxygens (including phenoxy) is 1. The molecule has 0 saturated carbocycles. The van der Waals surface area contributed by atoms with Crippen LogP contribution in [0.5, 0.6) is 5.88 Å². The van der Waals surface area contributed by atoms with Gasteiger partial charge in [-0.25, -0.2) is 9.98 Å². The maximum atomic E-state index is 5.15. The summed E-state index contributed by atoms with van der Waals surface area (Å²) in [6, 6.07) is 5.78. The van der Waals surface area contributed by atoms with Gasteiger partial charge in [-0.3, -0.25) is 0 Å². The van der Waals surface area contributed by atoms with Gasteiger partial charge in [-0.05, 0) is 31.7 Å². The maximum absolute atomic E-state index is 5.15. The minimum Gasteiger partial charge on any atom is -0.481 e. The van der Waals surface area contributed by atoms with Gasteiger partial charge in [-0.15, -0.1) is 24.0 Å². The van der Waals surface area contributed by atoms with Crippen LogP contribution in [0.3, 0.4) is 0 Å². The van der Waals surface area contributed by atoms with E-state index in [-0.39, 0.29) is 24.0 Å². The highest BCUT2D eigenvalue weighted by Gasteiger charge is 2.18. The van der Waals surface area contributed by atoms with Gasteiger partial charge >= 0.3 is 0 Å². The Hall–Kier alpha value is -1.05. The number of hydrogen-bond acceptors (Lipinski definition) is 3. The maximum Gasteiger partial charge on any atom is 0.213 e. The molecular weight excluding hydrogens is 391 g/mol. The molecule has 0 spiro atoms. The number of aliphatic imine (C=N–C) groups is 1. The van der Waals surface area contributed by atoms with Gasteiger partial charge < -0.3 is 15.0 Å². The molecule has 0 aromatic carbocycles. The Morgan fingerprint density at radius 2 is 2.14 bits per heavy atom. The van der Waals surface area contributed by atoms with Gasteiger partial charge in [-0.1, -0.05) is 13.0 Å².